The zero-order valence-corrected chi connectivity index (χ0v) is 19.7. The summed E-state index contributed by atoms with van der Waals surface area (Å²) in [5, 5.41) is 11.7. The van der Waals surface area contributed by atoms with E-state index in [0.717, 1.165) is 29.3 Å². The lowest BCUT2D eigenvalue weighted by molar-refractivity contribution is -0.135. The van der Waals surface area contributed by atoms with Crippen molar-refractivity contribution in [1.29, 1.82) is 0 Å². The maximum absolute atomic E-state index is 13.8. The number of rotatable bonds is 2. The third-order valence-corrected chi connectivity index (χ3v) is 7.48. The lowest BCUT2D eigenvalue weighted by atomic mass is 9.84. The van der Waals surface area contributed by atoms with Crippen molar-refractivity contribution in [2.45, 2.75) is 31.7 Å². The molecule has 0 bridgehead atoms. The highest BCUT2D eigenvalue weighted by Gasteiger charge is 2.36. The van der Waals surface area contributed by atoms with Gasteiger partial charge in [-0.3, -0.25) is 14.4 Å². The van der Waals surface area contributed by atoms with Gasteiger partial charge in [0.1, 0.15) is 28.7 Å². The normalized spacial score (nSPS) is 16.5. The molecule has 1 unspecified atom stereocenters. The van der Waals surface area contributed by atoms with Crippen LogP contribution >= 0.6 is 0 Å². The van der Waals surface area contributed by atoms with Crippen LogP contribution in [0.3, 0.4) is 0 Å². The Morgan fingerprint density at radius 1 is 0.973 bits per heavy atom. The van der Waals surface area contributed by atoms with Crippen molar-refractivity contribution in [3.05, 3.63) is 104 Å². The van der Waals surface area contributed by atoms with Crippen LogP contribution in [0.5, 0.6) is 11.5 Å². The van der Waals surface area contributed by atoms with Gasteiger partial charge < -0.3 is 18.8 Å². The molecule has 37 heavy (non-hydrogen) atoms. The van der Waals surface area contributed by atoms with Crippen LogP contribution in [0.2, 0.25) is 0 Å². The van der Waals surface area contributed by atoms with Crippen LogP contribution in [0.25, 0.3) is 33.0 Å². The molecule has 7 rings (SSSR count). The number of pyridine rings is 1. The quantitative estimate of drug-likeness (QED) is 0.280. The van der Waals surface area contributed by atoms with Gasteiger partial charge in [0.2, 0.25) is 5.43 Å². The summed E-state index contributed by atoms with van der Waals surface area (Å²) in [5.74, 6) is -1.47. The summed E-state index contributed by atoms with van der Waals surface area (Å²) < 4.78 is 13.3. The van der Waals surface area contributed by atoms with Crippen molar-refractivity contribution in [2.24, 2.45) is 0 Å². The highest BCUT2D eigenvalue weighted by Crippen LogP contribution is 2.45. The minimum absolute atomic E-state index is 0.00688. The summed E-state index contributed by atoms with van der Waals surface area (Å²) in [7, 11) is 0. The molecule has 0 radical (unpaired) electrons. The number of para-hydroxylation sites is 1. The van der Waals surface area contributed by atoms with Crippen molar-refractivity contribution in [1.82, 2.24) is 4.57 Å². The molecule has 0 fully saturated rings. The number of ether oxygens (including phenoxy) is 1. The molecule has 0 saturated carbocycles. The molecule has 0 spiro atoms. The third-order valence-electron chi connectivity index (χ3n) is 7.48. The van der Waals surface area contributed by atoms with Crippen molar-refractivity contribution >= 4 is 27.8 Å². The molecule has 2 aliphatic rings. The minimum atomic E-state index is -0.698. The molecular weight excluding hydrogens is 470 g/mol. The molecule has 2 aromatic heterocycles. The van der Waals surface area contributed by atoms with E-state index in [9.17, 15) is 19.5 Å². The molecule has 0 saturated heterocycles. The van der Waals surface area contributed by atoms with Gasteiger partial charge in [-0.25, -0.2) is 0 Å². The van der Waals surface area contributed by atoms with E-state index in [1.165, 1.54) is 12.3 Å². The second kappa shape index (κ2) is 7.93. The van der Waals surface area contributed by atoms with Crippen LogP contribution in [0.4, 0.5) is 0 Å². The average molecular weight is 491 g/mol. The Labute approximate surface area is 210 Å². The Kier molecular flexibility index (Phi) is 4.63. The number of esters is 1. The molecule has 7 nitrogen and oxygen atoms in total. The Morgan fingerprint density at radius 3 is 2.65 bits per heavy atom. The number of nitrogens with zero attached hydrogens (tertiary/aromatic N) is 1. The fourth-order valence-electron chi connectivity index (χ4n) is 5.85. The molecule has 1 atom stereocenters. The molecule has 0 aliphatic carbocycles. The molecule has 2 aliphatic heterocycles. The van der Waals surface area contributed by atoms with Gasteiger partial charge in [0.05, 0.1) is 17.5 Å². The van der Waals surface area contributed by atoms with Crippen LogP contribution < -0.4 is 15.7 Å². The second-order valence-electron chi connectivity index (χ2n) is 9.60. The molecule has 1 N–H and O–H groups in total. The highest BCUT2D eigenvalue weighted by molar-refractivity contribution is 5.94. The Bertz CT molecular complexity index is 1880. The number of carbonyl (C=O) groups is 1. The molecule has 5 aromatic rings. The number of hydrogen-bond donors (Lipinski definition) is 1. The van der Waals surface area contributed by atoms with E-state index in [1.54, 1.807) is 16.7 Å². The van der Waals surface area contributed by atoms with Gasteiger partial charge in [-0.2, -0.15) is 0 Å². The fraction of sp³-hybridized carbons (Fsp3) is 0.167. The van der Waals surface area contributed by atoms with E-state index in [1.807, 2.05) is 42.5 Å². The van der Waals surface area contributed by atoms with Gasteiger partial charge in [0, 0.05) is 29.7 Å². The first-order chi connectivity index (χ1) is 18.0. The molecular formula is C30H21NO6. The fourth-order valence-corrected chi connectivity index (χ4v) is 5.85. The first-order valence-corrected chi connectivity index (χ1v) is 12.2. The lowest BCUT2D eigenvalue weighted by Gasteiger charge is -2.27. The van der Waals surface area contributed by atoms with Crippen molar-refractivity contribution in [2.75, 3.05) is 0 Å². The summed E-state index contributed by atoms with van der Waals surface area (Å²) >= 11 is 0. The largest absolute Gasteiger partial charge is 0.507 e. The smallest absolute Gasteiger partial charge is 0.312 e. The Hall–Kier alpha value is -4.65. The SMILES string of the molecule is O=C1CC(c2cc3cccc4c3n(c2=O)CCC4)c2c(cc(O)c3c(=O)c(-c4ccccc4)coc23)O1. The summed E-state index contributed by atoms with van der Waals surface area (Å²) in [4.78, 5) is 40.0. The van der Waals surface area contributed by atoms with Crippen LogP contribution in [0.1, 0.15) is 35.4 Å². The van der Waals surface area contributed by atoms with Gasteiger partial charge in [0.15, 0.2) is 0 Å². The maximum atomic E-state index is 13.8. The van der Waals surface area contributed by atoms with Crippen molar-refractivity contribution < 1.29 is 19.1 Å². The average Bonchev–Trinajstić information content (AvgIpc) is 2.90. The first-order valence-electron chi connectivity index (χ1n) is 12.2. The van der Waals surface area contributed by atoms with Gasteiger partial charge >= 0.3 is 5.97 Å². The summed E-state index contributed by atoms with van der Waals surface area (Å²) in [5.41, 5.74) is 3.40. The zero-order valence-electron chi connectivity index (χ0n) is 19.7. The van der Waals surface area contributed by atoms with Gasteiger partial charge in [-0.05, 0) is 35.4 Å². The van der Waals surface area contributed by atoms with Crippen LogP contribution in [0.15, 0.2) is 80.9 Å². The summed E-state index contributed by atoms with van der Waals surface area (Å²) in [6, 6.07) is 18.1. The van der Waals surface area contributed by atoms with Gasteiger partial charge in [-0.15, -0.1) is 0 Å². The number of hydrogen-bond acceptors (Lipinski definition) is 6. The maximum Gasteiger partial charge on any atom is 0.312 e. The van der Waals surface area contributed by atoms with Crippen molar-refractivity contribution in [3.8, 4) is 22.6 Å². The topological polar surface area (TPSA) is 98.7 Å². The molecule has 0 amide bonds. The molecule has 182 valence electrons. The minimum Gasteiger partial charge on any atom is -0.507 e. The van der Waals surface area contributed by atoms with Crippen molar-refractivity contribution in [3.63, 3.8) is 0 Å². The van der Waals surface area contributed by atoms with E-state index in [0.29, 0.717) is 28.8 Å². The first kappa shape index (κ1) is 21.6. The Balaban J connectivity index is 1.52. The number of aromatic hydroxyl groups is 1. The van der Waals surface area contributed by atoms with Gasteiger partial charge in [0.25, 0.3) is 5.56 Å². The molecule has 4 heterocycles. The number of benzene rings is 3. The third kappa shape index (κ3) is 3.17. The number of aromatic nitrogens is 1. The van der Waals surface area contributed by atoms with Crippen LogP contribution in [-0.2, 0) is 17.8 Å². The summed E-state index contributed by atoms with van der Waals surface area (Å²) in [6.45, 7) is 0.593. The van der Waals surface area contributed by atoms with E-state index < -0.39 is 17.3 Å². The van der Waals surface area contributed by atoms with E-state index in [2.05, 4.69) is 0 Å². The summed E-state index contributed by atoms with van der Waals surface area (Å²) in [6.07, 6.45) is 3.04. The number of fused-ring (bicyclic) bond motifs is 3. The predicted molar refractivity (Wildman–Crippen MR) is 138 cm³/mol. The lowest BCUT2D eigenvalue weighted by Crippen LogP contribution is -2.31. The second-order valence-corrected chi connectivity index (χ2v) is 9.60. The van der Waals surface area contributed by atoms with E-state index in [4.69, 9.17) is 9.15 Å². The van der Waals surface area contributed by atoms with E-state index in [-0.39, 0.29) is 34.4 Å². The monoisotopic (exact) mass is 491 g/mol. The van der Waals surface area contributed by atoms with Gasteiger partial charge in [-0.1, -0.05) is 48.5 Å². The predicted octanol–water partition coefficient (Wildman–Crippen LogP) is 4.87. The van der Waals surface area contributed by atoms with E-state index >= 15 is 0 Å². The highest BCUT2D eigenvalue weighted by atomic mass is 16.5. The number of phenolic OH excluding ortho intramolecular Hbond substituents is 1. The Morgan fingerprint density at radius 2 is 1.81 bits per heavy atom. The molecule has 3 aromatic carbocycles. The standard InChI is InChI=1S/C30H21NO6/c32-22-14-23-25(29-26(22)28(34)21(15-36-29)16-6-2-1-3-7-16)19(13-24(33)37-23)20-12-18-9-4-8-17-10-5-11-31(27(17)18)30(20)35/h1-4,6-9,12,14-15,19,32H,5,10-11,13H2. The number of carbonyl (C=O) groups excluding carboxylic acids is 1. The number of aryl methyl sites for hydroxylation is 2. The zero-order chi connectivity index (χ0) is 25.3. The van der Waals surface area contributed by atoms with Crippen LogP contribution in [0, 0.1) is 0 Å². The number of phenols is 1. The van der Waals surface area contributed by atoms with Crippen LogP contribution in [-0.4, -0.2) is 15.6 Å². The molecule has 7 heteroatoms.